The Morgan fingerprint density at radius 2 is 1.90 bits per heavy atom. The second-order valence-electron chi connectivity index (χ2n) is 4.67. The summed E-state index contributed by atoms with van der Waals surface area (Å²) in [6, 6.07) is 5.75. The van der Waals surface area contributed by atoms with Crippen LogP contribution < -0.4 is 10.9 Å². The van der Waals surface area contributed by atoms with Crippen LogP contribution in [0.3, 0.4) is 0 Å². The molecule has 0 saturated heterocycles. The van der Waals surface area contributed by atoms with Crippen LogP contribution in [-0.2, 0) is 0 Å². The molecule has 0 spiro atoms. The lowest BCUT2D eigenvalue weighted by Gasteiger charge is -2.10. The molecule has 0 fully saturated rings. The maximum absolute atomic E-state index is 12.0. The first-order valence-corrected chi connectivity index (χ1v) is 6.23. The standard InChI is InChI=1S/C15H14N2O4/c1-8-5-11(6-12(9(8)2)15(20)21)17-14(19)10-3-4-13(18)16-7-10/h3-7H,1-2H3,(H,16,18)(H,17,19)(H,20,21). The van der Waals surface area contributed by atoms with E-state index in [2.05, 4.69) is 10.3 Å². The number of rotatable bonds is 3. The van der Waals surface area contributed by atoms with E-state index in [-0.39, 0.29) is 16.7 Å². The highest BCUT2D eigenvalue weighted by atomic mass is 16.4. The molecule has 21 heavy (non-hydrogen) atoms. The molecule has 0 bridgehead atoms. The van der Waals surface area contributed by atoms with Crippen molar-refractivity contribution in [2.45, 2.75) is 13.8 Å². The van der Waals surface area contributed by atoms with Crippen LogP contribution >= 0.6 is 0 Å². The normalized spacial score (nSPS) is 10.2. The van der Waals surface area contributed by atoms with E-state index in [1.165, 1.54) is 24.4 Å². The number of carboxylic acids is 1. The molecule has 0 saturated carbocycles. The third-order valence-electron chi connectivity index (χ3n) is 3.20. The van der Waals surface area contributed by atoms with E-state index >= 15 is 0 Å². The van der Waals surface area contributed by atoms with Gasteiger partial charge in [-0.3, -0.25) is 9.59 Å². The summed E-state index contributed by atoms with van der Waals surface area (Å²) in [5.41, 5.74) is 1.95. The van der Waals surface area contributed by atoms with Gasteiger partial charge in [0.05, 0.1) is 11.1 Å². The Labute approximate surface area is 120 Å². The molecule has 2 aromatic rings. The first kappa shape index (κ1) is 14.5. The van der Waals surface area contributed by atoms with E-state index in [1.54, 1.807) is 19.9 Å². The van der Waals surface area contributed by atoms with Crippen LogP contribution in [0.25, 0.3) is 0 Å². The number of carboxylic acid groups (broad SMARTS) is 1. The van der Waals surface area contributed by atoms with E-state index in [9.17, 15) is 14.4 Å². The van der Waals surface area contributed by atoms with Gasteiger partial charge in [-0.05, 0) is 43.2 Å². The van der Waals surface area contributed by atoms with Crippen molar-refractivity contribution >= 4 is 17.6 Å². The highest BCUT2D eigenvalue weighted by Crippen LogP contribution is 2.20. The summed E-state index contributed by atoms with van der Waals surface area (Å²) in [5.74, 6) is -1.47. The third-order valence-corrected chi connectivity index (χ3v) is 3.20. The van der Waals surface area contributed by atoms with Crippen molar-refractivity contribution in [3.63, 3.8) is 0 Å². The van der Waals surface area contributed by atoms with Gasteiger partial charge < -0.3 is 15.4 Å². The fourth-order valence-corrected chi connectivity index (χ4v) is 1.91. The minimum atomic E-state index is -1.05. The van der Waals surface area contributed by atoms with Crippen LogP contribution in [0.15, 0.2) is 35.3 Å². The van der Waals surface area contributed by atoms with Crippen molar-refractivity contribution in [2.24, 2.45) is 0 Å². The van der Waals surface area contributed by atoms with E-state index < -0.39 is 11.9 Å². The third kappa shape index (κ3) is 3.17. The quantitative estimate of drug-likeness (QED) is 0.802. The number of nitrogens with one attached hydrogen (secondary N) is 2. The molecule has 0 aliphatic rings. The molecule has 6 nitrogen and oxygen atoms in total. The number of aromatic nitrogens is 1. The molecule has 0 unspecified atom stereocenters. The predicted octanol–water partition coefficient (Wildman–Crippen LogP) is 1.94. The van der Waals surface area contributed by atoms with Crippen LogP contribution in [0.5, 0.6) is 0 Å². The summed E-state index contributed by atoms with van der Waals surface area (Å²) >= 11 is 0. The van der Waals surface area contributed by atoms with Gasteiger partial charge in [0.1, 0.15) is 0 Å². The summed E-state index contributed by atoms with van der Waals surface area (Å²) in [6.45, 7) is 3.49. The Morgan fingerprint density at radius 3 is 2.48 bits per heavy atom. The lowest BCUT2D eigenvalue weighted by molar-refractivity contribution is 0.0695. The molecule has 2 rings (SSSR count). The van der Waals surface area contributed by atoms with Gasteiger partial charge in [-0.15, -0.1) is 0 Å². The molecular weight excluding hydrogens is 272 g/mol. The Kier molecular flexibility index (Phi) is 3.89. The number of H-pyrrole nitrogens is 1. The van der Waals surface area contributed by atoms with Crippen molar-refractivity contribution in [1.82, 2.24) is 4.98 Å². The van der Waals surface area contributed by atoms with Crippen LogP contribution in [0.1, 0.15) is 31.8 Å². The van der Waals surface area contributed by atoms with Gasteiger partial charge in [-0.25, -0.2) is 4.79 Å². The first-order chi connectivity index (χ1) is 9.88. The monoisotopic (exact) mass is 286 g/mol. The largest absolute Gasteiger partial charge is 0.478 e. The summed E-state index contributed by atoms with van der Waals surface area (Å²) in [6.07, 6.45) is 1.30. The summed E-state index contributed by atoms with van der Waals surface area (Å²) in [7, 11) is 0. The van der Waals surface area contributed by atoms with Crippen molar-refractivity contribution in [2.75, 3.05) is 5.32 Å². The second-order valence-corrected chi connectivity index (χ2v) is 4.67. The molecule has 1 aromatic heterocycles. The van der Waals surface area contributed by atoms with Gasteiger partial charge in [-0.2, -0.15) is 0 Å². The van der Waals surface area contributed by atoms with Crippen molar-refractivity contribution in [3.05, 3.63) is 63.1 Å². The Bertz CT molecular complexity index is 757. The van der Waals surface area contributed by atoms with Gasteiger partial charge in [0.25, 0.3) is 5.91 Å². The van der Waals surface area contributed by atoms with Crippen LogP contribution in [0.4, 0.5) is 5.69 Å². The average Bonchev–Trinajstić information content (AvgIpc) is 2.43. The van der Waals surface area contributed by atoms with Gasteiger partial charge in [0.2, 0.25) is 5.56 Å². The zero-order valence-corrected chi connectivity index (χ0v) is 11.6. The molecule has 6 heteroatoms. The van der Waals surface area contributed by atoms with Crippen LogP contribution in [0.2, 0.25) is 0 Å². The highest BCUT2D eigenvalue weighted by molar-refractivity contribution is 6.04. The number of aromatic carboxylic acids is 1. The van der Waals surface area contributed by atoms with Crippen LogP contribution in [-0.4, -0.2) is 22.0 Å². The molecule has 0 radical (unpaired) electrons. The molecular formula is C15H14N2O4. The number of hydrogen-bond acceptors (Lipinski definition) is 3. The number of hydrogen-bond donors (Lipinski definition) is 3. The minimum Gasteiger partial charge on any atom is -0.478 e. The fourth-order valence-electron chi connectivity index (χ4n) is 1.91. The van der Waals surface area contributed by atoms with Crippen LogP contribution in [0, 0.1) is 13.8 Å². The zero-order chi connectivity index (χ0) is 15.6. The van der Waals surface area contributed by atoms with Crippen molar-refractivity contribution < 1.29 is 14.7 Å². The van der Waals surface area contributed by atoms with E-state index in [4.69, 9.17) is 5.11 Å². The molecule has 108 valence electrons. The lowest BCUT2D eigenvalue weighted by Crippen LogP contribution is -2.15. The Balaban J connectivity index is 2.31. The van der Waals surface area contributed by atoms with Crippen molar-refractivity contribution in [1.29, 1.82) is 0 Å². The van der Waals surface area contributed by atoms with Gasteiger partial charge in [0.15, 0.2) is 0 Å². The Morgan fingerprint density at radius 1 is 1.19 bits per heavy atom. The first-order valence-electron chi connectivity index (χ1n) is 6.23. The van der Waals surface area contributed by atoms with E-state index in [0.717, 1.165) is 5.56 Å². The number of amides is 1. The number of benzene rings is 1. The number of anilines is 1. The average molecular weight is 286 g/mol. The fraction of sp³-hybridized carbons (Fsp3) is 0.133. The maximum Gasteiger partial charge on any atom is 0.336 e. The molecule has 1 aromatic carbocycles. The SMILES string of the molecule is Cc1cc(NC(=O)c2ccc(=O)[nH]c2)cc(C(=O)O)c1C. The lowest BCUT2D eigenvalue weighted by atomic mass is 10.0. The summed E-state index contributed by atoms with van der Waals surface area (Å²) < 4.78 is 0. The van der Waals surface area contributed by atoms with E-state index in [1.807, 2.05) is 0 Å². The minimum absolute atomic E-state index is 0.145. The van der Waals surface area contributed by atoms with Gasteiger partial charge in [0, 0.05) is 18.0 Å². The number of carbonyl (C=O) groups is 2. The molecule has 0 aliphatic heterocycles. The number of carbonyl (C=O) groups excluding carboxylic acids is 1. The molecule has 1 heterocycles. The molecule has 0 atom stereocenters. The number of pyridine rings is 1. The van der Waals surface area contributed by atoms with Gasteiger partial charge in [-0.1, -0.05) is 0 Å². The second kappa shape index (κ2) is 5.62. The predicted molar refractivity (Wildman–Crippen MR) is 77.9 cm³/mol. The highest BCUT2D eigenvalue weighted by Gasteiger charge is 2.13. The topological polar surface area (TPSA) is 99.3 Å². The van der Waals surface area contributed by atoms with Gasteiger partial charge >= 0.3 is 5.97 Å². The number of aromatic amines is 1. The number of aryl methyl sites for hydroxylation is 1. The zero-order valence-electron chi connectivity index (χ0n) is 11.6. The van der Waals surface area contributed by atoms with Crippen molar-refractivity contribution in [3.8, 4) is 0 Å². The summed E-state index contributed by atoms with van der Waals surface area (Å²) in [4.78, 5) is 36.5. The molecule has 0 aliphatic carbocycles. The maximum atomic E-state index is 12.0. The molecule has 3 N–H and O–H groups in total. The smallest absolute Gasteiger partial charge is 0.336 e. The molecule has 1 amide bonds. The van der Waals surface area contributed by atoms with E-state index in [0.29, 0.717) is 11.3 Å². The summed E-state index contributed by atoms with van der Waals surface area (Å²) in [5, 5.41) is 11.8. The Hall–Kier alpha value is -2.89.